The molecular weight excluding hydrogens is 244 g/mol. The summed E-state index contributed by atoms with van der Waals surface area (Å²) in [4.78, 5) is 0. The molecule has 0 amide bonds. The molecule has 1 heteroatoms. The molecule has 0 aromatic heterocycles. The molecule has 0 atom stereocenters. The Balaban J connectivity index is 2.65. The van der Waals surface area contributed by atoms with Crippen molar-refractivity contribution in [3.63, 3.8) is 0 Å². The topological polar surface area (TPSA) is 0 Å². The van der Waals surface area contributed by atoms with E-state index < -0.39 is 8.07 Å². The van der Waals surface area contributed by atoms with E-state index >= 15 is 0 Å². The summed E-state index contributed by atoms with van der Waals surface area (Å²) in [5.74, 6) is 2.95. The maximum absolute atomic E-state index is 5.71. The van der Waals surface area contributed by atoms with Gasteiger partial charge in [-0.2, -0.15) is 0 Å². The van der Waals surface area contributed by atoms with Crippen molar-refractivity contribution in [2.45, 2.75) is 25.4 Å². The van der Waals surface area contributed by atoms with E-state index in [-0.39, 0.29) is 0 Å². The van der Waals surface area contributed by atoms with Gasteiger partial charge in [0, 0.05) is 6.04 Å². The van der Waals surface area contributed by atoms with Gasteiger partial charge in [0.25, 0.3) is 0 Å². The number of terminal acetylenes is 1. The Morgan fingerprint density at radius 1 is 0.895 bits per heavy atom. The first-order chi connectivity index (χ1) is 9.21. The third-order valence-electron chi connectivity index (χ3n) is 3.94. The second kappa shape index (κ2) is 5.91. The minimum Gasteiger partial charge on any atom is -0.120 e. The van der Waals surface area contributed by atoms with Crippen LogP contribution in [0.4, 0.5) is 0 Å². The van der Waals surface area contributed by atoms with E-state index in [4.69, 9.17) is 6.42 Å². The summed E-state index contributed by atoms with van der Waals surface area (Å²) in [6.45, 7) is 4.62. The minimum atomic E-state index is -1.86. The quantitative estimate of drug-likeness (QED) is 0.587. The van der Waals surface area contributed by atoms with E-state index in [9.17, 15) is 0 Å². The molecule has 2 aromatic rings. The Bertz CT molecular complexity index is 510. The summed E-state index contributed by atoms with van der Waals surface area (Å²) in [7, 11) is -1.86. The normalized spacial score (nSPS) is 11.3. The van der Waals surface area contributed by atoms with Crippen molar-refractivity contribution in [2.24, 2.45) is 0 Å². The summed E-state index contributed by atoms with van der Waals surface area (Å²) in [5, 5.41) is 2.88. The van der Waals surface area contributed by atoms with Gasteiger partial charge in [-0.3, -0.25) is 0 Å². The lowest BCUT2D eigenvalue weighted by Gasteiger charge is -2.35. The van der Waals surface area contributed by atoms with Crippen LogP contribution in [0, 0.1) is 12.3 Å². The number of benzene rings is 2. The predicted octanol–water partition coefficient (Wildman–Crippen LogP) is 3.29. The zero-order chi connectivity index (χ0) is 13.7. The lowest BCUT2D eigenvalue weighted by atomic mass is 10.4. The molecule has 0 spiro atoms. The number of rotatable bonds is 4. The third-order valence-corrected chi connectivity index (χ3v) is 9.40. The van der Waals surface area contributed by atoms with Crippen molar-refractivity contribution < 1.29 is 0 Å². The fraction of sp³-hybridized carbons (Fsp3) is 0.222. The largest absolute Gasteiger partial charge is 0.132 e. The highest BCUT2D eigenvalue weighted by molar-refractivity contribution is 7.03. The molecule has 0 saturated heterocycles. The van der Waals surface area contributed by atoms with Crippen LogP contribution in [0.1, 0.15) is 13.8 Å². The van der Waals surface area contributed by atoms with Crippen molar-refractivity contribution >= 4 is 18.4 Å². The smallest absolute Gasteiger partial charge is 0.120 e. The minimum absolute atomic E-state index is 0.577. The fourth-order valence-electron chi connectivity index (χ4n) is 2.87. The number of hydrogen-bond acceptors (Lipinski definition) is 0. The molecule has 0 aliphatic carbocycles. The van der Waals surface area contributed by atoms with E-state index in [1.54, 1.807) is 0 Å². The molecule has 96 valence electrons. The highest BCUT2D eigenvalue weighted by Crippen LogP contribution is 2.24. The van der Waals surface area contributed by atoms with Gasteiger partial charge in [-0.1, -0.05) is 84.9 Å². The van der Waals surface area contributed by atoms with E-state index in [1.807, 2.05) is 0 Å². The Kier molecular flexibility index (Phi) is 4.24. The second-order valence-electron chi connectivity index (χ2n) is 5.24. The fourth-order valence-corrected chi connectivity index (χ4v) is 7.25. The summed E-state index contributed by atoms with van der Waals surface area (Å²) in [5.41, 5.74) is 0.577. The standard InChI is InChI=1S/C18H20Si/c1-4-15-19(16(2)3,17-11-7-5-8-12-17)18-13-9-6-10-14-18/h1,5-14,16H,15H2,2-3H3. The third kappa shape index (κ3) is 2.50. The van der Waals surface area contributed by atoms with E-state index in [0.717, 1.165) is 6.04 Å². The van der Waals surface area contributed by atoms with Gasteiger partial charge in [-0.25, -0.2) is 0 Å². The van der Waals surface area contributed by atoms with Crippen molar-refractivity contribution in [1.82, 2.24) is 0 Å². The average Bonchev–Trinajstić information content (AvgIpc) is 2.46. The average molecular weight is 264 g/mol. The molecule has 0 bridgehead atoms. The van der Waals surface area contributed by atoms with Gasteiger partial charge in [-0.15, -0.1) is 12.3 Å². The molecule has 2 aromatic carbocycles. The van der Waals surface area contributed by atoms with Crippen LogP contribution in [-0.2, 0) is 0 Å². The van der Waals surface area contributed by atoms with Crippen molar-refractivity contribution in [3.8, 4) is 12.3 Å². The van der Waals surface area contributed by atoms with Crippen molar-refractivity contribution in [3.05, 3.63) is 60.7 Å². The first-order valence-corrected chi connectivity index (χ1v) is 9.04. The lowest BCUT2D eigenvalue weighted by molar-refractivity contribution is 1.02. The van der Waals surface area contributed by atoms with Gasteiger partial charge in [0.15, 0.2) is 0 Å². The maximum Gasteiger partial charge on any atom is 0.132 e. The Hall–Kier alpha value is -1.78. The SMILES string of the molecule is C#CC[Si](c1ccccc1)(c1ccccc1)C(C)C. The monoisotopic (exact) mass is 264 g/mol. The summed E-state index contributed by atoms with van der Waals surface area (Å²) in [6.07, 6.45) is 5.71. The summed E-state index contributed by atoms with van der Waals surface area (Å²) in [6, 6.07) is 22.5. The molecule has 0 nitrogen and oxygen atoms in total. The molecule has 19 heavy (non-hydrogen) atoms. The Labute approximate surface area is 117 Å². The van der Waals surface area contributed by atoms with Crippen LogP contribution in [0.5, 0.6) is 0 Å². The predicted molar refractivity (Wildman–Crippen MR) is 86.6 cm³/mol. The van der Waals surface area contributed by atoms with Gasteiger partial charge in [-0.05, 0) is 5.54 Å². The highest BCUT2D eigenvalue weighted by atomic mass is 28.3. The molecule has 2 rings (SSSR count). The molecule has 0 radical (unpaired) electrons. The van der Waals surface area contributed by atoms with Crippen LogP contribution < -0.4 is 10.4 Å². The van der Waals surface area contributed by atoms with Gasteiger partial charge in [0.2, 0.25) is 0 Å². The molecular formula is C18H20Si. The zero-order valence-electron chi connectivity index (χ0n) is 11.6. The van der Waals surface area contributed by atoms with Gasteiger partial charge in [0.05, 0.1) is 0 Å². The molecule has 0 unspecified atom stereocenters. The van der Waals surface area contributed by atoms with Crippen LogP contribution in [0.15, 0.2) is 60.7 Å². The number of hydrogen-bond donors (Lipinski definition) is 0. The first-order valence-electron chi connectivity index (χ1n) is 6.76. The van der Waals surface area contributed by atoms with Crippen molar-refractivity contribution in [2.75, 3.05) is 0 Å². The van der Waals surface area contributed by atoms with Crippen LogP contribution >= 0.6 is 0 Å². The van der Waals surface area contributed by atoms with E-state index in [2.05, 4.69) is 80.4 Å². The lowest BCUT2D eigenvalue weighted by Crippen LogP contribution is -2.60. The van der Waals surface area contributed by atoms with Crippen LogP contribution in [0.3, 0.4) is 0 Å². The van der Waals surface area contributed by atoms with E-state index in [0.29, 0.717) is 5.54 Å². The Morgan fingerprint density at radius 2 is 1.32 bits per heavy atom. The highest BCUT2D eigenvalue weighted by Gasteiger charge is 2.39. The van der Waals surface area contributed by atoms with Crippen LogP contribution in [-0.4, -0.2) is 8.07 Å². The summed E-state index contributed by atoms with van der Waals surface area (Å²) >= 11 is 0. The molecule has 0 saturated carbocycles. The van der Waals surface area contributed by atoms with Gasteiger partial charge in [0.1, 0.15) is 8.07 Å². The van der Waals surface area contributed by atoms with Gasteiger partial charge < -0.3 is 0 Å². The van der Waals surface area contributed by atoms with Crippen molar-refractivity contribution in [1.29, 1.82) is 0 Å². The van der Waals surface area contributed by atoms with E-state index in [1.165, 1.54) is 10.4 Å². The maximum atomic E-state index is 5.71. The molecule has 0 aliphatic rings. The zero-order valence-corrected chi connectivity index (χ0v) is 12.6. The molecule has 0 aliphatic heterocycles. The summed E-state index contributed by atoms with van der Waals surface area (Å²) < 4.78 is 0. The first kappa shape index (κ1) is 13.6. The molecule has 0 heterocycles. The van der Waals surface area contributed by atoms with Crippen LogP contribution in [0.25, 0.3) is 0 Å². The molecule has 0 fully saturated rings. The van der Waals surface area contributed by atoms with Gasteiger partial charge >= 0.3 is 0 Å². The molecule has 0 N–H and O–H groups in total. The Morgan fingerprint density at radius 3 is 1.63 bits per heavy atom. The van der Waals surface area contributed by atoms with Crippen LogP contribution in [0.2, 0.25) is 11.6 Å². The second-order valence-corrected chi connectivity index (χ2v) is 9.84.